The molecule has 2 aromatic rings. The van der Waals surface area contributed by atoms with E-state index >= 15 is 0 Å². The highest BCUT2D eigenvalue weighted by atomic mass is 32.1. The van der Waals surface area contributed by atoms with Crippen LogP contribution < -0.4 is 24.8 Å². The summed E-state index contributed by atoms with van der Waals surface area (Å²) in [6, 6.07) is 2.08. The normalized spacial score (nSPS) is 16.4. The van der Waals surface area contributed by atoms with E-state index in [9.17, 15) is 9.59 Å². The second-order valence-corrected chi connectivity index (χ2v) is 8.13. The van der Waals surface area contributed by atoms with Gasteiger partial charge in [0.15, 0.2) is 16.6 Å². The molecular weight excluding hydrogens is 432 g/mol. The average molecular weight is 474 g/mol. The minimum Gasteiger partial charge on any atom is -0.496 e. The molecule has 0 fully saturated rings. The van der Waals surface area contributed by atoms with Crippen LogP contribution in [0.2, 0.25) is 0 Å². The van der Waals surface area contributed by atoms with Gasteiger partial charge >= 0.3 is 0 Å². The van der Waals surface area contributed by atoms with Gasteiger partial charge in [-0.2, -0.15) is 0 Å². The first-order valence-electron chi connectivity index (χ1n) is 14.2. The van der Waals surface area contributed by atoms with Crippen LogP contribution >= 0.6 is 11.3 Å². The molecule has 9 nitrogen and oxygen atoms in total. The highest BCUT2D eigenvalue weighted by Gasteiger charge is 2.20. The summed E-state index contributed by atoms with van der Waals surface area (Å²) in [5.74, 6) is -3.50. The van der Waals surface area contributed by atoms with Gasteiger partial charge in [0.1, 0.15) is 11.4 Å². The molecule has 1 heterocycles. The van der Waals surface area contributed by atoms with Crippen LogP contribution in [0.1, 0.15) is 60.9 Å². The summed E-state index contributed by atoms with van der Waals surface area (Å²) in [4.78, 5) is 32.0. The number of carbonyl (C=O) groups excluding carboxylic acids is 2. The van der Waals surface area contributed by atoms with Crippen LogP contribution in [0.4, 0.5) is 5.13 Å². The van der Waals surface area contributed by atoms with Crippen molar-refractivity contribution in [2.75, 3.05) is 39.5 Å². The van der Waals surface area contributed by atoms with Gasteiger partial charge in [-0.1, -0.05) is 0 Å². The predicted octanol–water partition coefficient (Wildman–Crippen LogP) is 3.27. The third-order valence-corrected chi connectivity index (χ3v) is 5.32. The van der Waals surface area contributed by atoms with E-state index in [1.165, 1.54) is 5.38 Å². The molecule has 0 aliphatic heterocycles. The van der Waals surface area contributed by atoms with E-state index in [-0.39, 0.29) is 22.9 Å². The number of hydrogen-bond acceptors (Lipinski definition) is 8. The molecular formula is C22H32N4O5S. The van der Waals surface area contributed by atoms with Crippen molar-refractivity contribution in [3.63, 3.8) is 0 Å². The number of ether oxygens (including phenoxy) is 3. The van der Waals surface area contributed by atoms with Crippen molar-refractivity contribution >= 4 is 28.3 Å². The Morgan fingerprint density at radius 1 is 1.03 bits per heavy atom. The van der Waals surface area contributed by atoms with E-state index < -0.39 is 55.7 Å². The van der Waals surface area contributed by atoms with E-state index in [1.54, 1.807) is 0 Å². The standard InChI is InChI=1S/C22H32N4O5S/c1-13(2)26(14(3)4)9-8-23-21(28)16-12-32-22(24-16)25-20(27)15-10-18(30-6)19(31-7)11-17(15)29-5/h10-14H,8-9H2,1-7H3,(H,23,28)(H,24,25,27)/i5D3,6D3,7D3. The number of benzene rings is 1. The second kappa shape index (κ2) is 11.7. The number of amides is 2. The summed E-state index contributed by atoms with van der Waals surface area (Å²) < 4.78 is 80.6. The summed E-state index contributed by atoms with van der Waals surface area (Å²) in [6.45, 7) is 9.19. The highest BCUT2D eigenvalue weighted by molar-refractivity contribution is 7.14. The molecule has 10 heteroatoms. The molecule has 0 bridgehead atoms. The van der Waals surface area contributed by atoms with Crippen LogP contribution in [0.3, 0.4) is 0 Å². The lowest BCUT2D eigenvalue weighted by Gasteiger charge is -2.30. The molecule has 0 unspecified atom stereocenters. The van der Waals surface area contributed by atoms with Crippen molar-refractivity contribution < 1.29 is 36.1 Å². The van der Waals surface area contributed by atoms with Crippen LogP contribution in [0.5, 0.6) is 17.2 Å². The largest absolute Gasteiger partial charge is 0.496 e. The van der Waals surface area contributed by atoms with Gasteiger partial charge in [0.25, 0.3) is 11.8 Å². The predicted molar refractivity (Wildman–Crippen MR) is 125 cm³/mol. The van der Waals surface area contributed by atoms with Crippen molar-refractivity contribution in [2.24, 2.45) is 0 Å². The lowest BCUT2D eigenvalue weighted by molar-refractivity contribution is 0.0934. The zero-order valence-electron chi connectivity index (χ0n) is 27.1. The third-order valence-electron chi connectivity index (χ3n) is 4.56. The van der Waals surface area contributed by atoms with Gasteiger partial charge in [0, 0.05) is 42.7 Å². The van der Waals surface area contributed by atoms with Crippen LogP contribution in [-0.2, 0) is 0 Å². The summed E-state index contributed by atoms with van der Waals surface area (Å²) in [6.07, 6.45) is 0. The number of carbonyl (C=O) groups is 2. The number of nitrogens with one attached hydrogen (secondary N) is 2. The van der Waals surface area contributed by atoms with E-state index in [0.29, 0.717) is 13.1 Å². The monoisotopic (exact) mass is 473 g/mol. The van der Waals surface area contributed by atoms with Crippen LogP contribution in [-0.4, -0.2) is 68.0 Å². The molecule has 1 aromatic carbocycles. The summed E-state index contributed by atoms with van der Waals surface area (Å²) in [7, 11) is -9.23. The van der Waals surface area contributed by atoms with E-state index in [2.05, 4.69) is 48.2 Å². The van der Waals surface area contributed by atoms with Gasteiger partial charge in [-0.05, 0) is 27.7 Å². The van der Waals surface area contributed by atoms with Crippen molar-refractivity contribution in [1.29, 1.82) is 0 Å². The Bertz CT molecular complexity index is 1210. The summed E-state index contributed by atoms with van der Waals surface area (Å²) >= 11 is 0.908. The molecule has 0 spiro atoms. The molecule has 32 heavy (non-hydrogen) atoms. The number of methoxy groups -OCH3 is 3. The Kier molecular flexibility index (Phi) is 5.50. The lowest BCUT2D eigenvalue weighted by Crippen LogP contribution is -2.42. The van der Waals surface area contributed by atoms with Crippen LogP contribution in [0.15, 0.2) is 17.5 Å². The van der Waals surface area contributed by atoms with Gasteiger partial charge in [0.2, 0.25) is 0 Å². The minimum atomic E-state index is -3.08. The van der Waals surface area contributed by atoms with Gasteiger partial charge in [-0.3, -0.25) is 19.8 Å². The Morgan fingerprint density at radius 3 is 2.28 bits per heavy atom. The number of thiazole rings is 1. The van der Waals surface area contributed by atoms with Gasteiger partial charge in [-0.15, -0.1) is 11.3 Å². The SMILES string of the molecule is [2H]C([2H])([2H])Oc1cc(OC([2H])([2H])[2H])c(C(=O)Nc2nc(C(=O)NCCN(C(C)C)C(C)C)cs2)cc1OC([2H])([2H])[2H]. The maximum Gasteiger partial charge on any atom is 0.270 e. The fourth-order valence-electron chi connectivity index (χ4n) is 3.06. The topological polar surface area (TPSA) is 102 Å². The summed E-state index contributed by atoms with van der Waals surface area (Å²) in [5.41, 5.74) is -0.500. The van der Waals surface area contributed by atoms with Crippen molar-refractivity contribution in [2.45, 2.75) is 39.8 Å². The highest BCUT2D eigenvalue weighted by Crippen LogP contribution is 2.35. The molecule has 0 saturated heterocycles. The first-order chi connectivity index (χ1) is 18.6. The maximum atomic E-state index is 13.1. The number of nitrogens with zero attached hydrogens (tertiary/aromatic N) is 2. The molecule has 176 valence electrons. The fourth-order valence-corrected chi connectivity index (χ4v) is 3.75. The van der Waals surface area contributed by atoms with Crippen LogP contribution in [0, 0.1) is 0 Å². The van der Waals surface area contributed by atoms with Gasteiger partial charge < -0.3 is 19.5 Å². The van der Waals surface area contributed by atoms with E-state index in [1.807, 2.05) is 0 Å². The molecule has 0 aliphatic rings. The molecule has 0 radical (unpaired) electrons. The number of hydrogen-bond donors (Lipinski definition) is 2. The Hall–Kier alpha value is -2.85. The molecule has 2 amide bonds. The Morgan fingerprint density at radius 2 is 1.66 bits per heavy atom. The molecule has 2 N–H and O–H groups in total. The van der Waals surface area contributed by atoms with Crippen molar-refractivity contribution in [1.82, 2.24) is 15.2 Å². The third kappa shape index (κ3) is 6.33. The number of rotatable bonds is 11. The Balaban J connectivity index is 2.31. The zero-order valence-corrected chi connectivity index (χ0v) is 19.0. The number of anilines is 1. The lowest BCUT2D eigenvalue weighted by atomic mass is 10.1. The zero-order chi connectivity index (χ0) is 31.3. The number of aromatic nitrogens is 1. The summed E-state index contributed by atoms with van der Waals surface area (Å²) in [5, 5.41) is 6.53. The van der Waals surface area contributed by atoms with Gasteiger partial charge in [-0.25, -0.2) is 4.98 Å². The Labute approximate surface area is 205 Å². The van der Waals surface area contributed by atoms with Crippen molar-refractivity contribution in [3.8, 4) is 17.2 Å². The first-order valence-corrected chi connectivity index (χ1v) is 10.6. The van der Waals surface area contributed by atoms with E-state index in [0.717, 1.165) is 23.5 Å². The average Bonchev–Trinajstić information content (AvgIpc) is 3.23. The first kappa shape index (κ1) is 15.1. The minimum absolute atomic E-state index is 0.0257. The smallest absolute Gasteiger partial charge is 0.270 e. The molecule has 0 aliphatic carbocycles. The second-order valence-electron chi connectivity index (χ2n) is 7.27. The van der Waals surface area contributed by atoms with Crippen LogP contribution in [0.25, 0.3) is 0 Å². The molecule has 2 rings (SSSR count). The van der Waals surface area contributed by atoms with Gasteiger partial charge in [0.05, 0.1) is 39.0 Å². The molecule has 1 aromatic heterocycles. The van der Waals surface area contributed by atoms with E-state index in [4.69, 9.17) is 26.5 Å². The maximum absolute atomic E-state index is 13.1. The molecule has 0 saturated carbocycles. The quantitative estimate of drug-likeness (QED) is 0.516. The van der Waals surface area contributed by atoms with Crippen molar-refractivity contribution in [3.05, 3.63) is 28.8 Å². The fraction of sp³-hybridized carbons (Fsp3) is 0.500. The molecule has 0 atom stereocenters.